The molecular weight excluding hydrogens is 294 g/mol. The van der Waals surface area contributed by atoms with Gasteiger partial charge in [0.1, 0.15) is 0 Å². The first kappa shape index (κ1) is 13.1. The number of piperazine rings is 1. The standard InChI is InChI=1S/C17H21N3OS/c21-15(13-11-12-1-2-14(13)17(12)3-4-17)19-6-8-20(9-7-19)16-18-5-10-22-16/h1-2,5,10,12-14H,3-4,6-9,11H2/t12-,13-,14-/m1/s1. The molecule has 4 nitrogen and oxygen atoms in total. The first-order valence-corrected chi connectivity index (χ1v) is 9.27. The first-order chi connectivity index (χ1) is 10.8. The summed E-state index contributed by atoms with van der Waals surface area (Å²) in [5.41, 5.74) is 0.517. The third-order valence-corrected chi connectivity index (χ3v) is 7.15. The molecule has 1 amide bonds. The van der Waals surface area contributed by atoms with E-state index in [-0.39, 0.29) is 5.92 Å². The molecule has 0 N–H and O–H groups in total. The van der Waals surface area contributed by atoms with Crippen LogP contribution in [0.3, 0.4) is 0 Å². The van der Waals surface area contributed by atoms with Crippen LogP contribution >= 0.6 is 11.3 Å². The maximum atomic E-state index is 13.0. The molecule has 3 aliphatic carbocycles. The Labute approximate surface area is 134 Å². The van der Waals surface area contributed by atoms with E-state index >= 15 is 0 Å². The maximum Gasteiger partial charge on any atom is 0.226 e. The zero-order chi connectivity index (χ0) is 14.7. The lowest BCUT2D eigenvalue weighted by molar-refractivity contribution is -0.136. The molecule has 5 heteroatoms. The van der Waals surface area contributed by atoms with Crippen LogP contribution < -0.4 is 4.90 Å². The molecule has 1 saturated heterocycles. The molecule has 0 unspecified atom stereocenters. The Morgan fingerprint density at radius 2 is 2.05 bits per heavy atom. The van der Waals surface area contributed by atoms with Crippen molar-refractivity contribution >= 4 is 22.4 Å². The molecule has 2 heterocycles. The second-order valence-electron chi connectivity index (χ2n) is 7.22. The van der Waals surface area contributed by atoms with E-state index in [2.05, 4.69) is 26.9 Å². The average Bonchev–Trinajstić information content (AvgIpc) is 2.92. The van der Waals surface area contributed by atoms with Gasteiger partial charge in [-0.1, -0.05) is 12.2 Å². The fourth-order valence-corrected chi connectivity index (χ4v) is 5.68. The van der Waals surface area contributed by atoms with Gasteiger partial charge >= 0.3 is 0 Å². The lowest BCUT2D eigenvalue weighted by Crippen LogP contribution is -2.51. The summed E-state index contributed by atoms with van der Waals surface area (Å²) in [6, 6.07) is 0. The van der Waals surface area contributed by atoms with E-state index in [1.807, 2.05) is 11.6 Å². The van der Waals surface area contributed by atoms with Crippen LogP contribution in [0.25, 0.3) is 0 Å². The molecule has 22 heavy (non-hydrogen) atoms. The van der Waals surface area contributed by atoms with Gasteiger partial charge in [0.2, 0.25) is 5.91 Å². The highest BCUT2D eigenvalue weighted by Crippen LogP contribution is 2.70. The van der Waals surface area contributed by atoms with Crippen molar-refractivity contribution in [1.29, 1.82) is 0 Å². The van der Waals surface area contributed by atoms with Crippen molar-refractivity contribution < 1.29 is 4.79 Å². The first-order valence-electron chi connectivity index (χ1n) is 8.39. The number of nitrogens with zero attached hydrogens (tertiary/aromatic N) is 3. The second kappa shape index (κ2) is 4.57. The Kier molecular flexibility index (Phi) is 2.72. The molecule has 116 valence electrons. The van der Waals surface area contributed by atoms with Crippen LogP contribution in [-0.4, -0.2) is 42.0 Å². The predicted octanol–water partition coefficient (Wildman–Crippen LogP) is 2.39. The van der Waals surface area contributed by atoms with Crippen molar-refractivity contribution in [3.63, 3.8) is 0 Å². The van der Waals surface area contributed by atoms with E-state index in [0.717, 1.165) is 37.7 Å². The SMILES string of the molecule is O=C([C@@H]1C[C@H]2C=C[C@H]1C21CC1)N1CCN(c2nccs2)CC1. The number of allylic oxidation sites excluding steroid dienone is 2. The molecule has 1 aromatic heterocycles. The monoisotopic (exact) mass is 315 g/mol. The summed E-state index contributed by atoms with van der Waals surface area (Å²) in [5.74, 6) is 1.93. The normalized spacial score (nSPS) is 34.6. The minimum absolute atomic E-state index is 0.268. The second-order valence-corrected chi connectivity index (χ2v) is 8.09. The van der Waals surface area contributed by atoms with Gasteiger partial charge in [-0.3, -0.25) is 4.79 Å². The molecule has 3 fully saturated rings. The number of hydrogen-bond acceptors (Lipinski definition) is 4. The van der Waals surface area contributed by atoms with E-state index in [9.17, 15) is 4.79 Å². The van der Waals surface area contributed by atoms with E-state index in [1.54, 1.807) is 11.3 Å². The van der Waals surface area contributed by atoms with E-state index in [1.165, 1.54) is 12.8 Å². The zero-order valence-electron chi connectivity index (χ0n) is 12.6. The molecule has 2 saturated carbocycles. The summed E-state index contributed by atoms with van der Waals surface area (Å²) >= 11 is 1.68. The topological polar surface area (TPSA) is 36.4 Å². The van der Waals surface area contributed by atoms with Crippen molar-refractivity contribution in [2.24, 2.45) is 23.2 Å². The zero-order valence-corrected chi connectivity index (χ0v) is 13.5. The molecule has 1 aromatic rings. The van der Waals surface area contributed by atoms with Crippen LogP contribution in [0.4, 0.5) is 5.13 Å². The number of rotatable bonds is 2. The lowest BCUT2D eigenvalue weighted by Gasteiger charge is -2.36. The average molecular weight is 315 g/mol. The smallest absolute Gasteiger partial charge is 0.226 e. The number of carbonyl (C=O) groups excluding carboxylic acids is 1. The van der Waals surface area contributed by atoms with Crippen molar-refractivity contribution in [3.8, 4) is 0 Å². The summed E-state index contributed by atoms with van der Waals surface area (Å²) in [6.07, 6.45) is 10.4. The van der Waals surface area contributed by atoms with Crippen LogP contribution in [0.15, 0.2) is 23.7 Å². The highest BCUT2D eigenvalue weighted by molar-refractivity contribution is 7.13. The van der Waals surface area contributed by atoms with Gasteiger partial charge in [0.15, 0.2) is 5.13 Å². The Morgan fingerprint density at radius 3 is 2.68 bits per heavy atom. The van der Waals surface area contributed by atoms with Gasteiger partial charge in [0.25, 0.3) is 0 Å². The van der Waals surface area contributed by atoms with Gasteiger partial charge in [-0.2, -0.15) is 0 Å². The number of anilines is 1. The molecule has 5 rings (SSSR count). The number of amides is 1. The van der Waals surface area contributed by atoms with Gasteiger partial charge in [-0.25, -0.2) is 4.98 Å². The molecule has 1 aliphatic heterocycles. The Bertz CT molecular complexity index is 614. The summed E-state index contributed by atoms with van der Waals surface area (Å²) in [7, 11) is 0. The van der Waals surface area contributed by atoms with Crippen molar-refractivity contribution in [3.05, 3.63) is 23.7 Å². The summed E-state index contributed by atoms with van der Waals surface area (Å²) in [4.78, 5) is 21.8. The van der Waals surface area contributed by atoms with Crippen LogP contribution in [0, 0.1) is 23.2 Å². The predicted molar refractivity (Wildman–Crippen MR) is 86.8 cm³/mol. The quantitative estimate of drug-likeness (QED) is 0.786. The lowest BCUT2D eigenvalue weighted by atomic mass is 9.88. The Hall–Kier alpha value is -1.36. The third-order valence-electron chi connectivity index (χ3n) is 6.32. The van der Waals surface area contributed by atoms with E-state index < -0.39 is 0 Å². The van der Waals surface area contributed by atoms with Crippen molar-refractivity contribution in [2.45, 2.75) is 19.3 Å². The fourth-order valence-electron chi connectivity index (χ4n) is 4.98. The van der Waals surface area contributed by atoms with Gasteiger partial charge in [0.05, 0.1) is 0 Å². The molecule has 4 aliphatic rings. The third kappa shape index (κ3) is 1.75. The fraction of sp³-hybridized carbons (Fsp3) is 0.647. The van der Waals surface area contributed by atoms with Crippen LogP contribution in [0.5, 0.6) is 0 Å². The van der Waals surface area contributed by atoms with Crippen LogP contribution in [0.2, 0.25) is 0 Å². The minimum Gasteiger partial charge on any atom is -0.345 e. The van der Waals surface area contributed by atoms with Crippen LogP contribution in [-0.2, 0) is 4.79 Å². The summed E-state index contributed by atoms with van der Waals surface area (Å²) in [6.45, 7) is 3.54. The Morgan fingerprint density at radius 1 is 1.23 bits per heavy atom. The van der Waals surface area contributed by atoms with Crippen LogP contribution in [0.1, 0.15) is 19.3 Å². The van der Waals surface area contributed by atoms with E-state index in [0.29, 0.717) is 23.2 Å². The summed E-state index contributed by atoms with van der Waals surface area (Å²) in [5, 5.41) is 3.11. The molecule has 2 bridgehead atoms. The number of aromatic nitrogens is 1. The summed E-state index contributed by atoms with van der Waals surface area (Å²) < 4.78 is 0. The number of thiazole rings is 1. The van der Waals surface area contributed by atoms with Gasteiger partial charge in [-0.05, 0) is 36.5 Å². The van der Waals surface area contributed by atoms with Gasteiger partial charge in [-0.15, -0.1) is 11.3 Å². The van der Waals surface area contributed by atoms with Crippen molar-refractivity contribution in [2.75, 3.05) is 31.1 Å². The number of hydrogen-bond donors (Lipinski definition) is 0. The highest BCUT2D eigenvalue weighted by Gasteiger charge is 2.64. The molecule has 0 aromatic carbocycles. The van der Waals surface area contributed by atoms with Gasteiger partial charge < -0.3 is 9.80 Å². The molecular formula is C17H21N3OS. The largest absolute Gasteiger partial charge is 0.345 e. The minimum atomic E-state index is 0.268. The molecule has 3 atom stereocenters. The van der Waals surface area contributed by atoms with E-state index in [4.69, 9.17) is 0 Å². The van der Waals surface area contributed by atoms with Crippen molar-refractivity contribution in [1.82, 2.24) is 9.88 Å². The van der Waals surface area contributed by atoms with Gasteiger partial charge in [0, 0.05) is 43.7 Å². The molecule has 1 spiro atoms. The molecule has 0 radical (unpaired) electrons. The highest BCUT2D eigenvalue weighted by atomic mass is 32.1. The maximum absolute atomic E-state index is 13.0. The Balaban J connectivity index is 1.25. The number of carbonyl (C=O) groups is 1.